The largest absolute Gasteiger partial charge is 0.416 e. The van der Waals surface area contributed by atoms with E-state index in [1.54, 1.807) is 23.1 Å². The van der Waals surface area contributed by atoms with Crippen molar-refractivity contribution < 1.29 is 39.5 Å². The molecular weight excluding hydrogens is 651 g/mol. The van der Waals surface area contributed by atoms with Gasteiger partial charge in [0.05, 0.1) is 28.9 Å². The number of aromatic nitrogens is 3. The maximum Gasteiger partial charge on any atom is 0.416 e. The molecule has 0 fully saturated rings. The molecule has 0 bridgehead atoms. The van der Waals surface area contributed by atoms with Crippen LogP contribution in [-0.4, -0.2) is 32.7 Å². The van der Waals surface area contributed by atoms with Crippen molar-refractivity contribution in [2.75, 3.05) is 7.05 Å². The predicted molar refractivity (Wildman–Crippen MR) is 151 cm³/mol. The molecule has 8 nitrogen and oxygen atoms in total. The lowest BCUT2D eigenvalue weighted by Gasteiger charge is -2.25. The van der Waals surface area contributed by atoms with Gasteiger partial charge in [-0.05, 0) is 53.9 Å². The highest BCUT2D eigenvalue weighted by Crippen LogP contribution is 2.39. The first kappa shape index (κ1) is 34.4. The van der Waals surface area contributed by atoms with Crippen molar-refractivity contribution in [3.63, 3.8) is 0 Å². The minimum atomic E-state index is -5.13. The van der Waals surface area contributed by atoms with Crippen LogP contribution in [0.25, 0.3) is 11.3 Å². The summed E-state index contributed by atoms with van der Waals surface area (Å²) in [5.74, 6) is 5.01. The number of halogens is 9. The first-order chi connectivity index (χ1) is 21.5. The minimum absolute atomic E-state index is 0.0176. The summed E-state index contributed by atoms with van der Waals surface area (Å²) in [5.41, 5.74) is -4.07. The Kier molecular flexibility index (Phi) is 10.1. The Bertz CT molecular complexity index is 1670. The van der Waals surface area contributed by atoms with Crippen LogP contribution in [0.3, 0.4) is 0 Å². The van der Waals surface area contributed by atoms with Crippen LogP contribution in [0.2, 0.25) is 0 Å². The molecule has 0 aliphatic rings. The lowest BCUT2D eigenvalue weighted by Crippen LogP contribution is -2.30. The normalized spacial score (nSPS) is 13.2. The number of azo groups is 1. The Morgan fingerprint density at radius 1 is 0.913 bits per heavy atom. The van der Waals surface area contributed by atoms with Crippen molar-refractivity contribution in [1.29, 1.82) is 0 Å². The Labute approximate surface area is 260 Å². The summed E-state index contributed by atoms with van der Waals surface area (Å²) >= 11 is 1.32. The molecule has 46 heavy (non-hydrogen) atoms. The number of guanidine groups is 1. The van der Waals surface area contributed by atoms with Crippen LogP contribution in [0.15, 0.2) is 70.2 Å². The van der Waals surface area contributed by atoms with E-state index in [4.69, 9.17) is 5.84 Å². The quantitative estimate of drug-likeness (QED) is 0.0511. The number of alkyl halides is 9. The van der Waals surface area contributed by atoms with Crippen molar-refractivity contribution in [3.8, 4) is 11.3 Å². The highest BCUT2D eigenvalue weighted by molar-refractivity contribution is 7.12. The van der Waals surface area contributed by atoms with E-state index < -0.39 is 59.8 Å². The summed E-state index contributed by atoms with van der Waals surface area (Å²) in [6.45, 7) is 0.878. The van der Waals surface area contributed by atoms with Gasteiger partial charge >= 0.3 is 18.5 Å². The van der Waals surface area contributed by atoms with Crippen LogP contribution < -0.4 is 5.84 Å². The molecular formula is C28H25F9N8S. The van der Waals surface area contributed by atoms with Crippen molar-refractivity contribution in [2.45, 2.75) is 51.5 Å². The van der Waals surface area contributed by atoms with Crippen molar-refractivity contribution >= 4 is 17.3 Å². The number of hydrazone groups is 1. The van der Waals surface area contributed by atoms with Gasteiger partial charge in [-0.1, -0.05) is 13.0 Å². The average molecular weight is 677 g/mol. The fourth-order valence-electron chi connectivity index (χ4n) is 4.58. The lowest BCUT2D eigenvalue weighted by atomic mass is 9.98. The molecule has 0 saturated carbocycles. The van der Waals surface area contributed by atoms with Gasteiger partial charge < -0.3 is 10.7 Å². The number of rotatable bonds is 8. The molecule has 0 aliphatic heterocycles. The lowest BCUT2D eigenvalue weighted by molar-refractivity contribution is -0.143. The molecule has 0 radical (unpaired) electrons. The Balaban J connectivity index is 1.86. The zero-order chi connectivity index (χ0) is 33.9. The zero-order valence-corrected chi connectivity index (χ0v) is 24.9. The summed E-state index contributed by atoms with van der Waals surface area (Å²) in [7, 11) is 1.20. The molecule has 2 heterocycles. The number of aryl methyl sites for hydroxylation is 1. The maximum absolute atomic E-state index is 13.9. The van der Waals surface area contributed by atoms with Gasteiger partial charge in [-0.15, -0.1) is 21.6 Å². The summed E-state index contributed by atoms with van der Waals surface area (Å²) in [4.78, 5) is 6.42. The van der Waals surface area contributed by atoms with Crippen LogP contribution in [-0.2, 0) is 44.6 Å². The Morgan fingerprint density at radius 2 is 1.57 bits per heavy atom. The van der Waals surface area contributed by atoms with E-state index in [0.29, 0.717) is 29.3 Å². The fourth-order valence-corrected chi connectivity index (χ4v) is 5.59. The van der Waals surface area contributed by atoms with Gasteiger partial charge in [-0.3, -0.25) is 4.68 Å². The van der Waals surface area contributed by atoms with Crippen LogP contribution in [0, 0.1) is 0 Å². The van der Waals surface area contributed by atoms with E-state index in [0.717, 1.165) is 21.9 Å². The van der Waals surface area contributed by atoms with Crippen LogP contribution >= 0.6 is 11.3 Å². The third-order valence-electron chi connectivity index (χ3n) is 6.58. The predicted octanol–water partition coefficient (Wildman–Crippen LogP) is 7.99. The summed E-state index contributed by atoms with van der Waals surface area (Å²) < 4.78 is 125. The third-order valence-corrected chi connectivity index (χ3v) is 7.76. The van der Waals surface area contributed by atoms with Gasteiger partial charge in [-0.2, -0.15) is 49.7 Å². The van der Waals surface area contributed by atoms with Gasteiger partial charge in [0.15, 0.2) is 0 Å². The molecule has 246 valence electrons. The molecule has 0 spiro atoms. The van der Waals surface area contributed by atoms with Crippen LogP contribution in [0.4, 0.5) is 39.5 Å². The standard InChI is InChI=1S/C28H25F9N8S/c1-3-22-24(41-23(46-22)15-45-8-4-7-40-45)21-6-5-18(26(29,30)31)11-17(21)14-44(25(42-38)43-39-2)13-16-9-19(27(32,33)34)12-20(10-16)28(35,36)37/h4-12H,3,13-15,38H2,1-2H3. The molecule has 0 aliphatic carbocycles. The minimum Gasteiger partial charge on any atom is -0.330 e. The molecule has 0 saturated heterocycles. The molecule has 0 atom stereocenters. The van der Waals surface area contributed by atoms with Crippen molar-refractivity contribution in [2.24, 2.45) is 21.2 Å². The van der Waals surface area contributed by atoms with Crippen molar-refractivity contribution in [3.05, 3.63) is 92.6 Å². The summed E-state index contributed by atoms with van der Waals surface area (Å²) in [6, 6.07) is 5.60. The second kappa shape index (κ2) is 13.5. The number of thiazole rings is 1. The molecule has 4 rings (SSSR count). The number of hydrogen-bond donors (Lipinski definition) is 1. The fraction of sp³-hybridized carbons (Fsp3) is 0.321. The second-order valence-corrected chi connectivity index (χ2v) is 11.0. The Morgan fingerprint density at radius 3 is 2.09 bits per heavy atom. The van der Waals surface area contributed by atoms with E-state index >= 15 is 0 Å². The number of hydrogen-bond acceptors (Lipinski definition) is 6. The summed E-state index contributed by atoms with van der Waals surface area (Å²) in [5, 5.41) is 15.5. The van der Waals surface area contributed by atoms with Gasteiger partial charge in [0, 0.05) is 43.0 Å². The van der Waals surface area contributed by atoms with E-state index in [2.05, 4.69) is 25.4 Å². The van der Waals surface area contributed by atoms with Crippen molar-refractivity contribution in [1.82, 2.24) is 19.7 Å². The van der Waals surface area contributed by atoms with E-state index in [1.807, 2.05) is 6.92 Å². The summed E-state index contributed by atoms with van der Waals surface area (Å²) in [6.07, 6.45) is -11.3. The van der Waals surface area contributed by atoms with Gasteiger partial charge in [0.25, 0.3) is 5.96 Å². The molecule has 0 unspecified atom stereocenters. The molecule has 0 amide bonds. The number of benzene rings is 2. The number of nitrogens with two attached hydrogens (primary N) is 1. The smallest absolute Gasteiger partial charge is 0.330 e. The Hall–Kier alpha value is -4.48. The monoisotopic (exact) mass is 676 g/mol. The topological polar surface area (TPSA) is 97.0 Å². The van der Waals surface area contributed by atoms with Gasteiger partial charge in [0.1, 0.15) is 5.01 Å². The van der Waals surface area contributed by atoms with Gasteiger partial charge in [0.2, 0.25) is 0 Å². The molecule has 2 aromatic carbocycles. The highest BCUT2D eigenvalue weighted by Gasteiger charge is 2.37. The van der Waals surface area contributed by atoms with E-state index in [9.17, 15) is 39.5 Å². The third kappa shape index (κ3) is 8.21. The highest BCUT2D eigenvalue weighted by atomic mass is 32.1. The average Bonchev–Trinajstić information content (AvgIpc) is 3.64. The molecule has 18 heteroatoms. The van der Waals surface area contributed by atoms with E-state index in [1.165, 1.54) is 24.5 Å². The molecule has 4 aromatic rings. The first-order valence-electron chi connectivity index (χ1n) is 13.3. The van der Waals surface area contributed by atoms with Gasteiger partial charge in [-0.25, -0.2) is 4.98 Å². The van der Waals surface area contributed by atoms with Crippen LogP contribution in [0.1, 0.15) is 44.6 Å². The molecule has 2 aromatic heterocycles. The SMILES string of the molecule is CCc1sc(Cn2cccn2)nc1-c1ccc(C(F)(F)F)cc1CN(Cc1cc(C(F)(F)F)cc(C(F)(F)F)c1)C(N=NC)=NN. The van der Waals surface area contributed by atoms with E-state index in [-0.39, 0.29) is 23.7 Å². The zero-order valence-electron chi connectivity index (χ0n) is 24.0. The van der Waals surface area contributed by atoms with Crippen LogP contribution in [0.5, 0.6) is 0 Å². The molecule has 2 N–H and O–H groups in total. The second-order valence-electron chi connectivity index (χ2n) is 9.81. The number of nitrogens with zero attached hydrogens (tertiary/aromatic N) is 7. The maximum atomic E-state index is 13.9. The first-order valence-corrected chi connectivity index (χ1v) is 14.1.